The van der Waals surface area contributed by atoms with Crippen molar-refractivity contribution in [2.24, 2.45) is 0 Å². The summed E-state index contributed by atoms with van der Waals surface area (Å²) >= 11 is 0. The fourth-order valence-corrected chi connectivity index (χ4v) is 1.75. The summed E-state index contributed by atoms with van der Waals surface area (Å²) in [6.07, 6.45) is 0.755. The molecule has 2 aromatic rings. The zero-order valence-corrected chi connectivity index (χ0v) is 10.5. The van der Waals surface area contributed by atoms with Crippen LogP contribution in [0.5, 0.6) is 5.75 Å². The normalized spacial score (nSPS) is 10.0. The van der Waals surface area contributed by atoms with Crippen LogP contribution in [0.15, 0.2) is 48.5 Å². The van der Waals surface area contributed by atoms with Crippen molar-refractivity contribution in [2.75, 3.05) is 12.0 Å². The van der Waals surface area contributed by atoms with Crippen LogP contribution < -0.4 is 9.64 Å². The van der Waals surface area contributed by atoms with Gasteiger partial charge in [-0.15, -0.1) is 0 Å². The highest BCUT2D eigenvalue weighted by molar-refractivity contribution is 5.75. The first-order valence-corrected chi connectivity index (χ1v) is 5.83. The highest BCUT2D eigenvalue weighted by Gasteiger charge is 2.06. The molecule has 98 valence electrons. The average molecular weight is 259 g/mol. The number of hydrogen-bond donors (Lipinski definition) is 0. The lowest BCUT2D eigenvalue weighted by molar-refractivity contribution is -0.107. The maximum absolute atomic E-state index is 12.8. The summed E-state index contributed by atoms with van der Waals surface area (Å²) in [5.41, 5.74) is 1.63. The minimum atomic E-state index is -0.286. The molecule has 0 aliphatic rings. The summed E-state index contributed by atoms with van der Waals surface area (Å²) in [5.74, 6) is 0.447. The molecule has 0 radical (unpaired) electrons. The molecule has 2 rings (SSSR count). The van der Waals surface area contributed by atoms with E-state index < -0.39 is 0 Å². The smallest absolute Gasteiger partial charge is 0.214 e. The first-order chi connectivity index (χ1) is 9.22. The third-order valence-corrected chi connectivity index (χ3v) is 2.80. The SMILES string of the molecule is COc1ccc(N(C=O)Cc2ccc(F)cc2)cc1. The van der Waals surface area contributed by atoms with Crippen LogP contribution in [0.4, 0.5) is 10.1 Å². The first kappa shape index (κ1) is 13.1. The van der Waals surface area contributed by atoms with Crippen LogP contribution in [0.2, 0.25) is 0 Å². The molecule has 0 aromatic heterocycles. The Labute approximate surface area is 111 Å². The van der Waals surface area contributed by atoms with Crippen molar-refractivity contribution in [1.29, 1.82) is 0 Å². The molecule has 0 heterocycles. The van der Waals surface area contributed by atoms with E-state index in [9.17, 15) is 9.18 Å². The van der Waals surface area contributed by atoms with E-state index in [4.69, 9.17) is 4.74 Å². The zero-order valence-electron chi connectivity index (χ0n) is 10.5. The number of benzene rings is 2. The summed E-state index contributed by atoms with van der Waals surface area (Å²) in [6.45, 7) is 0.399. The Morgan fingerprint density at radius 1 is 1.11 bits per heavy atom. The highest BCUT2D eigenvalue weighted by atomic mass is 19.1. The molecular weight excluding hydrogens is 245 g/mol. The second-order valence-electron chi connectivity index (χ2n) is 4.06. The van der Waals surface area contributed by atoms with Gasteiger partial charge in [-0.3, -0.25) is 4.79 Å². The van der Waals surface area contributed by atoms with Crippen LogP contribution >= 0.6 is 0 Å². The van der Waals surface area contributed by atoms with Crippen LogP contribution in [-0.2, 0) is 11.3 Å². The maximum atomic E-state index is 12.8. The Morgan fingerprint density at radius 2 is 1.74 bits per heavy atom. The number of carbonyl (C=O) groups is 1. The number of carbonyl (C=O) groups excluding carboxylic acids is 1. The van der Waals surface area contributed by atoms with Crippen molar-refractivity contribution in [1.82, 2.24) is 0 Å². The van der Waals surface area contributed by atoms with Gasteiger partial charge in [-0.25, -0.2) is 4.39 Å². The predicted molar refractivity (Wildman–Crippen MR) is 71.6 cm³/mol. The van der Waals surface area contributed by atoms with Gasteiger partial charge in [0, 0.05) is 5.69 Å². The van der Waals surface area contributed by atoms with E-state index in [2.05, 4.69) is 0 Å². The average Bonchev–Trinajstić information content (AvgIpc) is 2.47. The molecule has 0 fully saturated rings. The van der Waals surface area contributed by atoms with Gasteiger partial charge in [0.1, 0.15) is 11.6 Å². The number of amides is 1. The largest absolute Gasteiger partial charge is 0.497 e. The van der Waals surface area contributed by atoms with Gasteiger partial charge in [0.15, 0.2) is 0 Å². The number of anilines is 1. The number of methoxy groups -OCH3 is 1. The monoisotopic (exact) mass is 259 g/mol. The quantitative estimate of drug-likeness (QED) is 0.772. The van der Waals surface area contributed by atoms with Crippen molar-refractivity contribution >= 4 is 12.1 Å². The lowest BCUT2D eigenvalue weighted by Gasteiger charge is -2.17. The van der Waals surface area contributed by atoms with Crippen LogP contribution in [0.3, 0.4) is 0 Å². The molecule has 0 N–H and O–H groups in total. The Morgan fingerprint density at radius 3 is 2.26 bits per heavy atom. The minimum Gasteiger partial charge on any atom is -0.497 e. The summed E-state index contributed by atoms with van der Waals surface area (Å²) in [4.78, 5) is 12.7. The van der Waals surface area contributed by atoms with E-state index >= 15 is 0 Å². The molecule has 0 aliphatic heterocycles. The van der Waals surface area contributed by atoms with E-state index in [1.807, 2.05) is 0 Å². The molecule has 0 bridgehead atoms. The van der Waals surface area contributed by atoms with E-state index in [0.717, 1.165) is 23.4 Å². The Balaban J connectivity index is 2.14. The molecule has 0 unspecified atom stereocenters. The van der Waals surface area contributed by atoms with Crippen LogP contribution in [0, 0.1) is 5.82 Å². The van der Waals surface area contributed by atoms with Crippen molar-refractivity contribution in [3.63, 3.8) is 0 Å². The molecule has 3 nitrogen and oxygen atoms in total. The molecule has 2 aromatic carbocycles. The van der Waals surface area contributed by atoms with Crippen LogP contribution in [-0.4, -0.2) is 13.5 Å². The third-order valence-electron chi connectivity index (χ3n) is 2.80. The van der Waals surface area contributed by atoms with Crippen LogP contribution in [0.25, 0.3) is 0 Å². The molecule has 1 amide bonds. The van der Waals surface area contributed by atoms with Gasteiger partial charge in [-0.05, 0) is 42.0 Å². The van der Waals surface area contributed by atoms with E-state index in [-0.39, 0.29) is 5.82 Å². The highest BCUT2D eigenvalue weighted by Crippen LogP contribution is 2.20. The predicted octanol–water partition coefficient (Wildman–Crippen LogP) is 3.00. The van der Waals surface area contributed by atoms with Crippen molar-refractivity contribution in [2.45, 2.75) is 6.54 Å². The van der Waals surface area contributed by atoms with Crippen molar-refractivity contribution < 1.29 is 13.9 Å². The molecule has 19 heavy (non-hydrogen) atoms. The maximum Gasteiger partial charge on any atom is 0.214 e. The van der Waals surface area contributed by atoms with Gasteiger partial charge in [-0.1, -0.05) is 12.1 Å². The summed E-state index contributed by atoms with van der Waals surface area (Å²) < 4.78 is 17.9. The molecule has 0 atom stereocenters. The van der Waals surface area contributed by atoms with Crippen molar-refractivity contribution in [3.8, 4) is 5.75 Å². The fourth-order valence-electron chi connectivity index (χ4n) is 1.75. The number of hydrogen-bond acceptors (Lipinski definition) is 2. The summed E-state index contributed by atoms with van der Waals surface area (Å²) in [6, 6.07) is 13.3. The lowest BCUT2D eigenvalue weighted by atomic mass is 10.2. The van der Waals surface area contributed by atoms with Crippen LogP contribution in [0.1, 0.15) is 5.56 Å². The van der Waals surface area contributed by atoms with Gasteiger partial charge in [-0.2, -0.15) is 0 Å². The number of rotatable bonds is 5. The van der Waals surface area contributed by atoms with E-state index in [0.29, 0.717) is 6.54 Å². The molecule has 0 spiro atoms. The van der Waals surface area contributed by atoms with Crippen molar-refractivity contribution in [3.05, 3.63) is 59.9 Å². The standard InChI is InChI=1S/C15H14FNO2/c1-19-15-8-6-14(7-9-15)17(11-18)10-12-2-4-13(16)5-3-12/h2-9,11H,10H2,1H3. The first-order valence-electron chi connectivity index (χ1n) is 5.83. The van der Waals surface area contributed by atoms with E-state index in [1.165, 1.54) is 12.1 Å². The topological polar surface area (TPSA) is 29.5 Å². The zero-order chi connectivity index (χ0) is 13.7. The molecule has 0 saturated carbocycles. The molecule has 4 heteroatoms. The Bertz CT molecular complexity index is 537. The lowest BCUT2D eigenvalue weighted by Crippen LogP contribution is -2.20. The molecular formula is C15H14FNO2. The second kappa shape index (κ2) is 6.00. The second-order valence-corrected chi connectivity index (χ2v) is 4.06. The summed E-state index contributed by atoms with van der Waals surface area (Å²) in [5, 5.41) is 0. The van der Waals surface area contributed by atoms with Gasteiger partial charge >= 0.3 is 0 Å². The van der Waals surface area contributed by atoms with Gasteiger partial charge in [0.05, 0.1) is 13.7 Å². The Kier molecular flexibility index (Phi) is 4.13. The number of ether oxygens (including phenoxy) is 1. The van der Waals surface area contributed by atoms with Gasteiger partial charge in [0.25, 0.3) is 0 Å². The fraction of sp³-hybridized carbons (Fsp3) is 0.133. The van der Waals surface area contributed by atoms with Gasteiger partial charge < -0.3 is 9.64 Å². The van der Waals surface area contributed by atoms with Gasteiger partial charge in [0.2, 0.25) is 6.41 Å². The third kappa shape index (κ3) is 3.31. The molecule has 0 aliphatic carbocycles. The number of halogens is 1. The summed E-state index contributed by atoms with van der Waals surface area (Å²) in [7, 11) is 1.59. The van der Waals surface area contributed by atoms with E-state index in [1.54, 1.807) is 48.4 Å². The minimum absolute atomic E-state index is 0.286. The Hall–Kier alpha value is -2.36. The number of nitrogens with zero attached hydrogens (tertiary/aromatic N) is 1. The molecule has 0 saturated heterocycles.